The van der Waals surface area contributed by atoms with Gasteiger partial charge >= 0.3 is 0 Å². The molecule has 0 fully saturated rings. The molecule has 0 aromatic rings. The summed E-state index contributed by atoms with van der Waals surface area (Å²) < 4.78 is 30.8. The van der Waals surface area contributed by atoms with Crippen molar-refractivity contribution in [2.24, 2.45) is 0 Å². The summed E-state index contributed by atoms with van der Waals surface area (Å²) >= 11 is 0. The lowest BCUT2D eigenvalue weighted by atomic mass is 9.97. The van der Waals surface area contributed by atoms with Gasteiger partial charge in [0.25, 0.3) is 0 Å². The Hall–Kier alpha value is -0.830. The van der Waals surface area contributed by atoms with Gasteiger partial charge in [-0.3, -0.25) is 4.79 Å². The van der Waals surface area contributed by atoms with Crippen LogP contribution in [0, 0.1) is 0 Å². The van der Waals surface area contributed by atoms with Gasteiger partial charge in [-0.15, -0.1) is 0 Å². The van der Waals surface area contributed by atoms with Crippen molar-refractivity contribution in [3.05, 3.63) is 12.2 Å². The third-order valence-corrected chi connectivity index (χ3v) is 2.47. The van der Waals surface area contributed by atoms with E-state index in [0.29, 0.717) is 0 Å². The maximum Gasteiger partial charge on any atom is 0.187 e. The van der Waals surface area contributed by atoms with Gasteiger partial charge in [0.15, 0.2) is 11.9 Å². The van der Waals surface area contributed by atoms with E-state index in [9.17, 15) is 4.79 Å². The molecule has 19 heavy (non-hydrogen) atoms. The molecule has 0 aliphatic heterocycles. The molecule has 0 heterocycles. The standard InChI is InChI=1S/C12H20O7/c1-14-6-17-10-5-4-9(13)11(18-7-15-2)12(10)19-8-16-3/h4-5,10-12H,6-8H2,1-3H3/t10-,11-,12+/m1/s1. The van der Waals surface area contributed by atoms with Crippen molar-refractivity contribution in [3.63, 3.8) is 0 Å². The summed E-state index contributed by atoms with van der Waals surface area (Å²) in [6.07, 6.45) is 1.18. The summed E-state index contributed by atoms with van der Waals surface area (Å²) in [6, 6.07) is 0. The van der Waals surface area contributed by atoms with E-state index in [4.69, 9.17) is 28.4 Å². The molecule has 0 aromatic carbocycles. The Morgan fingerprint density at radius 1 is 0.947 bits per heavy atom. The zero-order valence-electron chi connectivity index (χ0n) is 11.4. The number of ether oxygens (including phenoxy) is 6. The molecule has 1 rings (SSSR count). The van der Waals surface area contributed by atoms with Crippen molar-refractivity contribution >= 4 is 5.78 Å². The number of carbonyl (C=O) groups excluding carboxylic acids is 1. The van der Waals surface area contributed by atoms with Gasteiger partial charge in [0.05, 0.1) is 0 Å². The van der Waals surface area contributed by atoms with Crippen LogP contribution >= 0.6 is 0 Å². The average Bonchev–Trinajstić information content (AvgIpc) is 2.42. The third kappa shape index (κ3) is 4.98. The molecule has 0 unspecified atom stereocenters. The minimum absolute atomic E-state index is 0.00587. The van der Waals surface area contributed by atoms with Gasteiger partial charge in [0.2, 0.25) is 0 Å². The fourth-order valence-corrected chi connectivity index (χ4v) is 1.67. The van der Waals surface area contributed by atoms with Crippen molar-refractivity contribution in [1.29, 1.82) is 0 Å². The second kappa shape index (κ2) is 9.13. The number of methoxy groups -OCH3 is 3. The van der Waals surface area contributed by atoms with E-state index in [-0.39, 0.29) is 26.2 Å². The van der Waals surface area contributed by atoms with E-state index in [0.717, 1.165) is 0 Å². The van der Waals surface area contributed by atoms with Gasteiger partial charge in [-0.2, -0.15) is 0 Å². The predicted octanol–water partition coefficient (Wildman–Crippen LogP) is 0.0926. The summed E-state index contributed by atoms with van der Waals surface area (Å²) in [5.41, 5.74) is 0. The van der Waals surface area contributed by atoms with Crippen LogP contribution in [0.1, 0.15) is 0 Å². The number of hydrogen-bond acceptors (Lipinski definition) is 7. The lowest BCUT2D eigenvalue weighted by molar-refractivity contribution is -0.199. The van der Waals surface area contributed by atoms with E-state index < -0.39 is 18.3 Å². The van der Waals surface area contributed by atoms with E-state index >= 15 is 0 Å². The lowest BCUT2D eigenvalue weighted by Crippen LogP contribution is -2.49. The molecular weight excluding hydrogens is 256 g/mol. The van der Waals surface area contributed by atoms with Crippen molar-refractivity contribution in [3.8, 4) is 0 Å². The van der Waals surface area contributed by atoms with Crippen LogP contribution < -0.4 is 0 Å². The number of rotatable bonds is 9. The highest BCUT2D eigenvalue weighted by atomic mass is 16.7. The third-order valence-electron chi connectivity index (χ3n) is 2.47. The van der Waals surface area contributed by atoms with Crippen LogP contribution in [0.5, 0.6) is 0 Å². The predicted molar refractivity (Wildman–Crippen MR) is 64.4 cm³/mol. The van der Waals surface area contributed by atoms with Gasteiger partial charge < -0.3 is 28.4 Å². The minimum Gasteiger partial charge on any atom is -0.359 e. The first-order chi connectivity index (χ1) is 9.24. The zero-order chi connectivity index (χ0) is 14.1. The summed E-state index contributed by atoms with van der Waals surface area (Å²) in [4.78, 5) is 11.8. The minimum atomic E-state index is -0.790. The lowest BCUT2D eigenvalue weighted by Gasteiger charge is -2.32. The molecule has 7 nitrogen and oxygen atoms in total. The van der Waals surface area contributed by atoms with E-state index in [1.807, 2.05) is 0 Å². The van der Waals surface area contributed by atoms with Gasteiger partial charge in [0.1, 0.15) is 32.6 Å². The molecule has 110 valence electrons. The molecular formula is C12H20O7. The summed E-state index contributed by atoms with van der Waals surface area (Å²) in [5.74, 6) is -0.199. The largest absolute Gasteiger partial charge is 0.359 e. The second-order valence-electron chi connectivity index (χ2n) is 3.83. The maximum absolute atomic E-state index is 11.8. The topological polar surface area (TPSA) is 72.5 Å². The van der Waals surface area contributed by atoms with E-state index in [1.54, 1.807) is 6.08 Å². The quantitative estimate of drug-likeness (QED) is 0.553. The molecule has 0 N–H and O–H groups in total. The molecule has 3 atom stereocenters. The molecule has 0 aromatic heterocycles. The number of carbonyl (C=O) groups is 1. The van der Waals surface area contributed by atoms with Gasteiger partial charge in [-0.1, -0.05) is 0 Å². The Balaban J connectivity index is 2.72. The van der Waals surface area contributed by atoms with Crippen LogP contribution in [0.3, 0.4) is 0 Å². The van der Waals surface area contributed by atoms with Crippen LogP contribution in [0.4, 0.5) is 0 Å². The van der Waals surface area contributed by atoms with Crippen molar-refractivity contribution in [1.82, 2.24) is 0 Å². The molecule has 7 heteroatoms. The molecule has 0 saturated carbocycles. The number of ketones is 1. The number of hydrogen-bond donors (Lipinski definition) is 0. The van der Waals surface area contributed by atoms with E-state index in [1.165, 1.54) is 27.4 Å². The highest BCUT2D eigenvalue weighted by molar-refractivity contribution is 5.95. The van der Waals surface area contributed by atoms with Gasteiger partial charge in [0, 0.05) is 21.3 Å². The summed E-state index contributed by atoms with van der Waals surface area (Å²) in [5, 5.41) is 0. The first-order valence-electron chi connectivity index (χ1n) is 5.78. The van der Waals surface area contributed by atoms with Crippen molar-refractivity contribution in [2.45, 2.75) is 18.3 Å². The summed E-state index contributed by atoms with van der Waals surface area (Å²) in [6.45, 7) is 0.118. The summed E-state index contributed by atoms with van der Waals surface area (Å²) in [7, 11) is 4.49. The fourth-order valence-electron chi connectivity index (χ4n) is 1.67. The Bertz CT molecular complexity index is 292. The fraction of sp³-hybridized carbons (Fsp3) is 0.750. The molecule has 0 amide bonds. The molecule has 1 aliphatic carbocycles. The van der Waals surface area contributed by atoms with Crippen LogP contribution in [0.25, 0.3) is 0 Å². The molecule has 0 bridgehead atoms. The van der Waals surface area contributed by atoms with Crippen molar-refractivity contribution < 1.29 is 33.2 Å². The maximum atomic E-state index is 11.8. The molecule has 1 aliphatic rings. The van der Waals surface area contributed by atoms with Gasteiger partial charge in [-0.25, -0.2) is 0 Å². The molecule has 0 spiro atoms. The first kappa shape index (κ1) is 16.2. The van der Waals surface area contributed by atoms with Crippen LogP contribution in [-0.2, 0) is 33.2 Å². The normalized spacial score (nSPS) is 26.9. The SMILES string of the molecule is COCO[C@@H]1[C@H](OCOC)C(=O)C=C[C@H]1OCOC. The van der Waals surface area contributed by atoms with Crippen LogP contribution in [-0.4, -0.2) is 65.8 Å². The Labute approximate surface area is 112 Å². The monoisotopic (exact) mass is 276 g/mol. The van der Waals surface area contributed by atoms with Crippen molar-refractivity contribution in [2.75, 3.05) is 41.7 Å². The molecule has 0 radical (unpaired) electrons. The highest BCUT2D eigenvalue weighted by Crippen LogP contribution is 2.20. The Morgan fingerprint density at radius 2 is 1.53 bits per heavy atom. The van der Waals surface area contributed by atoms with E-state index in [2.05, 4.69) is 0 Å². The highest BCUT2D eigenvalue weighted by Gasteiger charge is 2.38. The Morgan fingerprint density at radius 3 is 2.16 bits per heavy atom. The second-order valence-corrected chi connectivity index (χ2v) is 3.83. The van der Waals surface area contributed by atoms with Gasteiger partial charge in [-0.05, 0) is 12.2 Å². The molecule has 0 saturated heterocycles. The van der Waals surface area contributed by atoms with Crippen LogP contribution in [0.15, 0.2) is 12.2 Å². The smallest absolute Gasteiger partial charge is 0.187 e. The average molecular weight is 276 g/mol. The Kier molecular flexibility index (Phi) is 7.80. The van der Waals surface area contributed by atoms with Crippen LogP contribution in [0.2, 0.25) is 0 Å². The first-order valence-corrected chi connectivity index (χ1v) is 5.78. The zero-order valence-corrected chi connectivity index (χ0v) is 11.4.